The number of aromatic amines is 1. The molecule has 30 heavy (non-hydrogen) atoms. The molecule has 0 spiro atoms. The van der Waals surface area contributed by atoms with Crippen LogP contribution in [0.1, 0.15) is 11.4 Å². The molecular weight excluding hydrogens is 386 g/mol. The molecule has 0 radical (unpaired) electrons. The summed E-state index contributed by atoms with van der Waals surface area (Å²) < 4.78 is 10.5. The van der Waals surface area contributed by atoms with Crippen LogP contribution in [0.3, 0.4) is 0 Å². The minimum Gasteiger partial charge on any atom is -0.482 e. The maximum Gasteiger partial charge on any atom is 0.341 e. The lowest BCUT2D eigenvalue weighted by Crippen LogP contribution is -2.41. The number of imidazole rings is 1. The van der Waals surface area contributed by atoms with E-state index in [0.29, 0.717) is 43.5 Å². The maximum atomic E-state index is 13.3. The fraction of sp³-hybridized carbons (Fsp3) is 0.227. The van der Waals surface area contributed by atoms with Crippen molar-refractivity contribution in [3.8, 4) is 5.75 Å². The summed E-state index contributed by atoms with van der Waals surface area (Å²) in [6.45, 7) is 1.66. The van der Waals surface area contributed by atoms with E-state index in [1.54, 1.807) is 35.2 Å². The first kappa shape index (κ1) is 19.7. The van der Waals surface area contributed by atoms with E-state index < -0.39 is 12.6 Å². The molecule has 2 N–H and O–H groups in total. The Morgan fingerprint density at radius 3 is 2.57 bits per heavy atom. The minimum atomic E-state index is -1.04. The number of nitrogens with zero attached hydrogens (tertiary/aromatic N) is 2. The van der Waals surface area contributed by atoms with E-state index in [-0.39, 0.29) is 5.91 Å². The van der Waals surface area contributed by atoms with Crippen LogP contribution < -0.4 is 4.74 Å². The summed E-state index contributed by atoms with van der Waals surface area (Å²) in [4.78, 5) is 33.5. The van der Waals surface area contributed by atoms with Gasteiger partial charge in [0.15, 0.2) is 6.61 Å². The number of para-hydroxylation sites is 2. The van der Waals surface area contributed by atoms with Gasteiger partial charge in [0.05, 0.1) is 29.8 Å². The Labute approximate surface area is 172 Å². The largest absolute Gasteiger partial charge is 0.482 e. The molecule has 0 bridgehead atoms. The van der Waals surface area contributed by atoms with Crippen molar-refractivity contribution in [3.63, 3.8) is 0 Å². The molecule has 1 aliphatic heterocycles. The summed E-state index contributed by atoms with van der Waals surface area (Å²) in [5.41, 5.74) is 2.86. The van der Waals surface area contributed by atoms with Crippen LogP contribution in [0, 0.1) is 0 Å². The Morgan fingerprint density at radius 1 is 1.13 bits per heavy atom. The molecule has 0 aliphatic carbocycles. The number of carbonyl (C=O) groups excluding carboxylic acids is 1. The number of rotatable bonds is 6. The van der Waals surface area contributed by atoms with Crippen LogP contribution in [-0.4, -0.2) is 64.8 Å². The van der Waals surface area contributed by atoms with Crippen LogP contribution in [0.15, 0.2) is 48.5 Å². The van der Waals surface area contributed by atoms with Gasteiger partial charge in [-0.1, -0.05) is 24.3 Å². The van der Waals surface area contributed by atoms with Crippen molar-refractivity contribution in [2.24, 2.45) is 0 Å². The number of hydrogen-bond acceptors (Lipinski definition) is 5. The molecule has 2 aromatic carbocycles. The Balaban J connectivity index is 1.67. The SMILES string of the molecule is O=C(O)COc1ccc(C=C(C(=O)N2CCOCC2)c2nc3ccccc3[nH]2)cc1. The lowest BCUT2D eigenvalue weighted by molar-refractivity contribution is -0.139. The Bertz CT molecular complexity index is 1050. The van der Waals surface area contributed by atoms with Crippen molar-refractivity contribution >= 4 is 34.6 Å². The van der Waals surface area contributed by atoms with Crippen LogP contribution in [0.2, 0.25) is 0 Å². The number of nitrogens with one attached hydrogen (secondary N) is 1. The number of H-pyrrole nitrogens is 1. The second-order valence-corrected chi connectivity index (χ2v) is 6.82. The van der Waals surface area contributed by atoms with E-state index in [9.17, 15) is 9.59 Å². The molecule has 1 fully saturated rings. The molecular formula is C22H21N3O5. The average molecular weight is 407 g/mol. The first-order valence-electron chi connectivity index (χ1n) is 9.58. The third-order valence-electron chi connectivity index (χ3n) is 4.73. The molecule has 8 nitrogen and oxygen atoms in total. The number of hydrogen-bond donors (Lipinski definition) is 2. The Hall–Kier alpha value is -3.65. The van der Waals surface area contributed by atoms with E-state index in [4.69, 9.17) is 14.6 Å². The first-order chi connectivity index (χ1) is 14.6. The number of fused-ring (bicyclic) bond motifs is 1. The van der Waals surface area contributed by atoms with Gasteiger partial charge in [-0.2, -0.15) is 0 Å². The summed E-state index contributed by atoms with van der Waals surface area (Å²) in [5, 5.41) is 8.72. The molecule has 0 atom stereocenters. The molecule has 0 unspecified atom stereocenters. The van der Waals surface area contributed by atoms with Gasteiger partial charge in [0, 0.05) is 13.1 Å². The fourth-order valence-corrected chi connectivity index (χ4v) is 3.22. The number of aromatic nitrogens is 2. The highest BCUT2D eigenvalue weighted by molar-refractivity contribution is 6.23. The third-order valence-corrected chi connectivity index (χ3v) is 4.73. The molecule has 154 valence electrons. The molecule has 3 aromatic rings. The fourth-order valence-electron chi connectivity index (χ4n) is 3.22. The highest BCUT2D eigenvalue weighted by atomic mass is 16.5. The molecule has 1 amide bonds. The third kappa shape index (κ3) is 4.49. The molecule has 2 heterocycles. The first-order valence-corrected chi connectivity index (χ1v) is 9.58. The van der Waals surface area contributed by atoms with Gasteiger partial charge in [0.25, 0.3) is 5.91 Å². The van der Waals surface area contributed by atoms with Crippen molar-refractivity contribution < 1.29 is 24.2 Å². The molecule has 1 aromatic heterocycles. The van der Waals surface area contributed by atoms with Gasteiger partial charge < -0.3 is 24.5 Å². The van der Waals surface area contributed by atoms with Crippen molar-refractivity contribution in [1.29, 1.82) is 0 Å². The zero-order valence-electron chi connectivity index (χ0n) is 16.2. The van der Waals surface area contributed by atoms with Gasteiger partial charge in [-0.3, -0.25) is 4.79 Å². The quantitative estimate of drug-likeness (QED) is 0.608. The van der Waals surface area contributed by atoms with Crippen LogP contribution in [0.4, 0.5) is 0 Å². The van der Waals surface area contributed by atoms with Gasteiger partial charge in [-0.05, 0) is 35.9 Å². The monoisotopic (exact) mass is 407 g/mol. The standard InChI is InChI=1S/C22H21N3O5/c26-20(27)14-30-16-7-5-15(6-8-16)13-17(22(28)25-9-11-29-12-10-25)21-23-18-3-1-2-4-19(18)24-21/h1-8,13H,9-12,14H2,(H,23,24)(H,26,27). The average Bonchev–Trinajstić information content (AvgIpc) is 3.21. The lowest BCUT2D eigenvalue weighted by atomic mass is 10.1. The number of amides is 1. The predicted molar refractivity (Wildman–Crippen MR) is 111 cm³/mol. The van der Waals surface area contributed by atoms with Crippen molar-refractivity contribution in [3.05, 3.63) is 59.9 Å². The molecule has 4 rings (SSSR count). The number of carboxylic acids is 1. The number of aliphatic carboxylic acids is 1. The van der Waals surface area contributed by atoms with E-state index in [0.717, 1.165) is 16.6 Å². The summed E-state index contributed by atoms with van der Waals surface area (Å²) in [6.07, 6.45) is 1.77. The number of morpholine rings is 1. The Morgan fingerprint density at radius 2 is 1.87 bits per heavy atom. The van der Waals surface area contributed by atoms with Crippen LogP contribution in [0.25, 0.3) is 22.7 Å². The van der Waals surface area contributed by atoms with E-state index in [2.05, 4.69) is 9.97 Å². The summed E-state index contributed by atoms with van der Waals surface area (Å²) in [6, 6.07) is 14.5. The smallest absolute Gasteiger partial charge is 0.341 e. The highest BCUT2D eigenvalue weighted by Crippen LogP contribution is 2.23. The Kier molecular flexibility index (Phi) is 5.76. The van der Waals surface area contributed by atoms with Gasteiger partial charge >= 0.3 is 5.97 Å². The van der Waals surface area contributed by atoms with Crippen LogP contribution >= 0.6 is 0 Å². The number of benzene rings is 2. The van der Waals surface area contributed by atoms with Crippen LogP contribution in [-0.2, 0) is 14.3 Å². The lowest BCUT2D eigenvalue weighted by Gasteiger charge is -2.27. The highest BCUT2D eigenvalue weighted by Gasteiger charge is 2.24. The zero-order chi connectivity index (χ0) is 20.9. The molecule has 8 heteroatoms. The number of carbonyl (C=O) groups is 2. The predicted octanol–water partition coefficient (Wildman–Crippen LogP) is 2.43. The van der Waals surface area contributed by atoms with Gasteiger partial charge in [-0.15, -0.1) is 0 Å². The van der Waals surface area contributed by atoms with E-state index in [1.165, 1.54) is 0 Å². The zero-order valence-corrected chi connectivity index (χ0v) is 16.2. The van der Waals surface area contributed by atoms with Crippen molar-refractivity contribution in [1.82, 2.24) is 14.9 Å². The van der Waals surface area contributed by atoms with Gasteiger partial charge in [0.2, 0.25) is 0 Å². The van der Waals surface area contributed by atoms with E-state index in [1.807, 2.05) is 24.3 Å². The number of ether oxygens (including phenoxy) is 2. The second kappa shape index (κ2) is 8.79. The maximum absolute atomic E-state index is 13.3. The number of carboxylic acid groups (broad SMARTS) is 1. The van der Waals surface area contributed by atoms with E-state index >= 15 is 0 Å². The van der Waals surface area contributed by atoms with Crippen molar-refractivity contribution in [2.45, 2.75) is 0 Å². The molecule has 1 saturated heterocycles. The second-order valence-electron chi connectivity index (χ2n) is 6.82. The van der Waals surface area contributed by atoms with Gasteiger partial charge in [0.1, 0.15) is 11.6 Å². The summed E-state index contributed by atoms with van der Waals surface area (Å²) in [7, 11) is 0. The normalized spacial score (nSPS) is 14.7. The van der Waals surface area contributed by atoms with Crippen LogP contribution in [0.5, 0.6) is 5.75 Å². The van der Waals surface area contributed by atoms with Gasteiger partial charge in [-0.25, -0.2) is 9.78 Å². The molecule has 0 saturated carbocycles. The topological polar surface area (TPSA) is 105 Å². The summed E-state index contributed by atoms with van der Waals surface area (Å²) >= 11 is 0. The minimum absolute atomic E-state index is 0.122. The summed E-state index contributed by atoms with van der Waals surface area (Å²) in [5.74, 6) is -0.218. The molecule has 1 aliphatic rings. The van der Waals surface area contributed by atoms with Crippen molar-refractivity contribution in [2.75, 3.05) is 32.9 Å².